The minimum atomic E-state index is -0.731. The van der Waals surface area contributed by atoms with Crippen LogP contribution in [0.25, 0.3) is 0 Å². The van der Waals surface area contributed by atoms with Gasteiger partial charge in [0, 0.05) is 22.8 Å². The van der Waals surface area contributed by atoms with Crippen molar-refractivity contribution >= 4 is 17.3 Å². The van der Waals surface area contributed by atoms with Gasteiger partial charge in [0.2, 0.25) is 0 Å². The maximum atomic E-state index is 10.7. The summed E-state index contributed by atoms with van der Waals surface area (Å²) in [5, 5.41) is 8.83. The van der Waals surface area contributed by atoms with Gasteiger partial charge < -0.3 is 10.0 Å². The van der Waals surface area contributed by atoms with Crippen molar-refractivity contribution in [1.82, 2.24) is 4.90 Å². The molecule has 0 aromatic carbocycles. The zero-order valence-electron chi connectivity index (χ0n) is 10.3. The Morgan fingerprint density at radius 3 is 2.62 bits per heavy atom. The number of thiophene rings is 1. The van der Waals surface area contributed by atoms with E-state index in [0.29, 0.717) is 6.54 Å². The van der Waals surface area contributed by atoms with Crippen LogP contribution in [-0.2, 0) is 11.3 Å². The smallest absolute Gasteiger partial charge is 0.307 e. The molecule has 4 heteroatoms. The lowest BCUT2D eigenvalue weighted by Gasteiger charge is -2.18. The van der Waals surface area contributed by atoms with Gasteiger partial charge in [-0.05, 0) is 32.5 Å². The second kappa shape index (κ2) is 5.46. The summed E-state index contributed by atoms with van der Waals surface area (Å²) in [6, 6.07) is 2.18. The SMILES string of the molecule is Cc1cc(CN(C)CC(C)C(=O)O)c(C)s1. The highest BCUT2D eigenvalue weighted by molar-refractivity contribution is 7.12. The Balaban J connectivity index is 2.54. The molecule has 3 nitrogen and oxygen atoms in total. The largest absolute Gasteiger partial charge is 0.481 e. The Morgan fingerprint density at radius 2 is 2.19 bits per heavy atom. The highest BCUT2D eigenvalue weighted by Crippen LogP contribution is 2.21. The number of hydrogen-bond donors (Lipinski definition) is 1. The molecule has 0 fully saturated rings. The van der Waals surface area contributed by atoms with Gasteiger partial charge in [-0.1, -0.05) is 6.92 Å². The second-order valence-corrected chi connectivity index (χ2v) is 5.83. The van der Waals surface area contributed by atoms with Crippen molar-refractivity contribution in [2.75, 3.05) is 13.6 Å². The third-order valence-electron chi connectivity index (χ3n) is 2.59. The van der Waals surface area contributed by atoms with Crippen LogP contribution in [0.2, 0.25) is 0 Å². The van der Waals surface area contributed by atoms with Crippen LogP contribution < -0.4 is 0 Å². The predicted molar refractivity (Wildman–Crippen MR) is 66.9 cm³/mol. The third kappa shape index (κ3) is 3.61. The molecule has 0 amide bonds. The van der Waals surface area contributed by atoms with E-state index >= 15 is 0 Å². The zero-order chi connectivity index (χ0) is 12.3. The minimum Gasteiger partial charge on any atom is -0.481 e. The number of rotatable bonds is 5. The Labute approximate surface area is 101 Å². The molecule has 0 saturated heterocycles. The highest BCUT2D eigenvalue weighted by atomic mass is 32.1. The van der Waals surface area contributed by atoms with Gasteiger partial charge in [-0.25, -0.2) is 0 Å². The van der Waals surface area contributed by atoms with Crippen LogP contribution in [0.1, 0.15) is 22.2 Å². The van der Waals surface area contributed by atoms with E-state index in [1.165, 1.54) is 15.3 Å². The first kappa shape index (κ1) is 13.2. The normalized spacial score (nSPS) is 13.1. The first-order valence-corrected chi connectivity index (χ1v) is 6.19. The van der Waals surface area contributed by atoms with E-state index in [1.807, 2.05) is 7.05 Å². The molecule has 0 saturated carbocycles. The van der Waals surface area contributed by atoms with Crippen molar-refractivity contribution in [3.8, 4) is 0 Å². The van der Waals surface area contributed by atoms with Crippen LogP contribution in [0.5, 0.6) is 0 Å². The maximum absolute atomic E-state index is 10.7. The summed E-state index contributed by atoms with van der Waals surface area (Å²) >= 11 is 1.79. The van der Waals surface area contributed by atoms with Gasteiger partial charge in [0.1, 0.15) is 0 Å². The fraction of sp³-hybridized carbons (Fsp3) is 0.583. The van der Waals surface area contributed by atoms with E-state index in [1.54, 1.807) is 18.3 Å². The highest BCUT2D eigenvalue weighted by Gasteiger charge is 2.14. The first-order chi connectivity index (χ1) is 7.40. The molecule has 0 aliphatic carbocycles. The molecule has 16 heavy (non-hydrogen) atoms. The van der Waals surface area contributed by atoms with Crippen LogP contribution >= 0.6 is 11.3 Å². The summed E-state index contributed by atoms with van der Waals surface area (Å²) in [6.07, 6.45) is 0. The van der Waals surface area contributed by atoms with Gasteiger partial charge in [-0.3, -0.25) is 4.79 Å². The van der Waals surface area contributed by atoms with E-state index in [9.17, 15) is 4.79 Å². The average Bonchev–Trinajstić information content (AvgIpc) is 2.44. The minimum absolute atomic E-state index is 0.315. The fourth-order valence-electron chi connectivity index (χ4n) is 1.74. The van der Waals surface area contributed by atoms with Crippen molar-refractivity contribution in [3.63, 3.8) is 0 Å². The standard InChI is InChI=1S/C12H19NO2S/c1-8(12(14)15)6-13(4)7-11-5-9(2)16-10(11)3/h5,8H,6-7H2,1-4H3,(H,14,15). The molecular formula is C12H19NO2S. The van der Waals surface area contributed by atoms with Crippen LogP contribution in [0.15, 0.2) is 6.07 Å². The van der Waals surface area contributed by atoms with E-state index < -0.39 is 5.97 Å². The molecule has 1 atom stereocenters. The number of nitrogens with zero attached hydrogens (tertiary/aromatic N) is 1. The van der Waals surface area contributed by atoms with Crippen molar-refractivity contribution in [2.24, 2.45) is 5.92 Å². The summed E-state index contributed by atoms with van der Waals surface area (Å²) in [5.74, 6) is -1.05. The number of carboxylic acid groups (broad SMARTS) is 1. The van der Waals surface area contributed by atoms with Crippen LogP contribution in [0, 0.1) is 19.8 Å². The van der Waals surface area contributed by atoms with E-state index in [2.05, 4.69) is 24.8 Å². The molecule has 90 valence electrons. The molecule has 0 radical (unpaired) electrons. The molecule has 1 N–H and O–H groups in total. The molecule has 0 aliphatic rings. The van der Waals surface area contributed by atoms with Crippen molar-refractivity contribution < 1.29 is 9.90 Å². The summed E-state index contributed by atoms with van der Waals surface area (Å²) in [6.45, 7) is 7.37. The Hall–Kier alpha value is -0.870. The fourth-order valence-corrected chi connectivity index (χ4v) is 2.68. The number of hydrogen-bond acceptors (Lipinski definition) is 3. The lowest BCUT2D eigenvalue weighted by Crippen LogP contribution is -2.28. The summed E-state index contributed by atoms with van der Waals surface area (Å²) in [4.78, 5) is 15.4. The first-order valence-electron chi connectivity index (χ1n) is 5.37. The Kier molecular flexibility index (Phi) is 4.50. The van der Waals surface area contributed by atoms with E-state index in [-0.39, 0.29) is 5.92 Å². The lowest BCUT2D eigenvalue weighted by molar-refractivity contribution is -0.141. The molecular weight excluding hydrogens is 222 g/mol. The van der Waals surface area contributed by atoms with Gasteiger partial charge in [0.05, 0.1) is 5.92 Å². The maximum Gasteiger partial charge on any atom is 0.307 e. The van der Waals surface area contributed by atoms with Crippen LogP contribution in [0.4, 0.5) is 0 Å². The van der Waals surface area contributed by atoms with E-state index in [4.69, 9.17) is 5.11 Å². The molecule has 1 heterocycles. The summed E-state index contributed by atoms with van der Waals surface area (Å²) in [7, 11) is 1.96. The van der Waals surface area contributed by atoms with Crippen LogP contribution in [-0.4, -0.2) is 29.6 Å². The molecule has 0 bridgehead atoms. The number of aryl methyl sites for hydroxylation is 2. The molecule has 1 aromatic heterocycles. The third-order valence-corrected chi connectivity index (χ3v) is 3.60. The number of carbonyl (C=O) groups is 1. The molecule has 0 spiro atoms. The molecule has 1 unspecified atom stereocenters. The Bertz CT molecular complexity index is 373. The molecule has 1 rings (SSSR count). The number of aliphatic carboxylic acids is 1. The van der Waals surface area contributed by atoms with Gasteiger partial charge >= 0.3 is 5.97 Å². The van der Waals surface area contributed by atoms with Gasteiger partial charge in [-0.15, -0.1) is 11.3 Å². The van der Waals surface area contributed by atoms with Crippen LogP contribution in [0.3, 0.4) is 0 Å². The van der Waals surface area contributed by atoms with Gasteiger partial charge in [-0.2, -0.15) is 0 Å². The summed E-state index contributed by atoms with van der Waals surface area (Å²) < 4.78 is 0. The zero-order valence-corrected chi connectivity index (χ0v) is 11.1. The Morgan fingerprint density at radius 1 is 1.56 bits per heavy atom. The predicted octanol–water partition coefficient (Wildman–Crippen LogP) is 2.52. The van der Waals surface area contributed by atoms with Gasteiger partial charge in [0.25, 0.3) is 0 Å². The van der Waals surface area contributed by atoms with E-state index in [0.717, 1.165) is 6.54 Å². The van der Waals surface area contributed by atoms with Gasteiger partial charge in [0.15, 0.2) is 0 Å². The topological polar surface area (TPSA) is 40.5 Å². The quantitative estimate of drug-likeness (QED) is 0.861. The average molecular weight is 241 g/mol. The monoisotopic (exact) mass is 241 g/mol. The van der Waals surface area contributed by atoms with Crippen molar-refractivity contribution in [3.05, 3.63) is 21.4 Å². The summed E-state index contributed by atoms with van der Waals surface area (Å²) in [5.41, 5.74) is 1.31. The second-order valence-electron chi connectivity index (χ2n) is 4.37. The number of carboxylic acids is 1. The van der Waals surface area contributed by atoms with Crippen molar-refractivity contribution in [1.29, 1.82) is 0 Å². The lowest BCUT2D eigenvalue weighted by atomic mass is 10.1. The molecule has 1 aromatic rings. The van der Waals surface area contributed by atoms with Crippen molar-refractivity contribution in [2.45, 2.75) is 27.3 Å². The molecule has 0 aliphatic heterocycles.